The predicted molar refractivity (Wildman–Crippen MR) is 85.0 cm³/mol. The molecule has 23 heavy (non-hydrogen) atoms. The second-order valence-corrected chi connectivity index (χ2v) is 5.30. The summed E-state index contributed by atoms with van der Waals surface area (Å²) in [7, 11) is 0. The molecule has 0 fully saturated rings. The van der Waals surface area contributed by atoms with Crippen molar-refractivity contribution >= 4 is 17.5 Å². The molecule has 2 aromatic rings. The number of benzene rings is 2. The smallest absolute Gasteiger partial charge is 0.387 e. The van der Waals surface area contributed by atoms with Gasteiger partial charge in [-0.05, 0) is 36.2 Å². The summed E-state index contributed by atoms with van der Waals surface area (Å²) in [6, 6.07) is 12.8. The van der Waals surface area contributed by atoms with E-state index in [-0.39, 0.29) is 17.4 Å². The van der Waals surface area contributed by atoms with Gasteiger partial charge in [-0.15, -0.1) is 0 Å². The second kappa shape index (κ2) is 7.92. The van der Waals surface area contributed by atoms with E-state index in [1.165, 1.54) is 18.2 Å². The number of amides is 1. The molecule has 0 radical (unpaired) electrons. The van der Waals surface area contributed by atoms with E-state index in [1.807, 2.05) is 19.1 Å². The highest BCUT2D eigenvalue weighted by atomic mass is 35.5. The summed E-state index contributed by atoms with van der Waals surface area (Å²) < 4.78 is 29.2. The monoisotopic (exact) mass is 339 g/mol. The lowest BCUT2D eigenvalue weighted by atomic mass is 10.0. The first-order chi connectivity index (χ1) is 11.0. The maximum atomic E-state index is 12.4. The van der Waals surface area contributed by atoms with Crippen LogP contribution in [0.5, 0.6) is 5.75 Å². The zero-order valence-corrected chi connectivity index (χ0v) is 13.2. The molecule has 0 bridgehead atoms. The molecule has 122 valence electrons. The lowest BCUT2D eigenvalue weighted by Crippen LogP contribution is -2.28. The minimum Gasteiger partial charge on any atom is -0.434 e. The van der Waals surface area contributed by atoms with Gasteiger partial charge in [-0.25, -0.2) is 0 Å². The summed E-state index contributed by atoms with van der Waals surface area (Å²) in [5, 5.41) is 3.43. The van der Waals surface area contributed by atoms with Gasteiger partial charge in [-0.2, -0.15) is 8.78 Å². The molecular formula is C17H16ClF2NO2. The third-order valence-corrected chi connectivity index (χ3v) is 3.59. The predicted octanol–water partition coefficient (Wildman–Crippen LogP) is 4.82. The van der Waals surface area contributed by atoms with Gasteiger partial charge in [0.25, 0.3) is 5.91 Å². The number of alkyl halides is 2. The summed E-state index contributed by atoms with van der Waals surface area (Å²) >= 11 is 5.86. The van der Waals surface area contributed by atoms with E-state index in [2.05, 4.69) is 10.1 Å². The largest absolute Gasteiger partial charge is 0.434 e. The molecule has 0 aliphatic rings. The van der Waals surface area contributed by atoms with Gasteiger partial charge < -0.3 is 10.1 Å². The molecule has 0 aliphatic carbocycles. The Morgan fingerprint density at radius 2 is 1.83 bits per heavy atom. The van der Waals surface area contributed by atoms with E-state index in [0.29, 0.717) is 11.4 Å². The number of para-hydroxylation sites is 1. The van der Waals surface area contributed by atoms with Crippen molar-refractivity contribution in [1.82, 2.24) is 5.32 Å². The molecule has 0 spiro atoms. The van der Waals surface area contributed by atoms with Crippen LogP contribution in [0.4, 0.5) is 8.78 Å². The highest BCUT2D eigenvalue weighted by Gasteiger charge is 2.18. The standard InChI is InChI=1S/C17H16ClF2NO2/c1-2-14(11-7-9-12(18)10-8-11)21-16(22)13-5-3-4-6-15(13)23-17(19)20/h3-10,14,17H,2H2,1H3,(H,21,22)/t14-/m1/s1. The van der Waals surface area contributed by atoms with Crippen LogP contribution in [0.15, 0.2) is 48.5 Å². The van der Waals surface area contributed by atoms with Crippen molar-refractivity contribution in [3.05, 3.63) is 64.7 Å². The molecule has 1 N–H and O–H groups in total. The molecule has 0 heterocycles. The minimum absolute atomic E-state index is 0.0696. The Hall–Kier alpha value is -2.14. The molecule has 0 aromatic heterocycles. The van der Waals surface area contributed by atoms with Crippen LogP contribution in [-0.4, -0.2) is 12.5 Å². The number of carbonyl (C=O) groups is 1. The van der Waals surface area contributed by atoms with Gasteiger partial charge in [-0.3, -0.25) is 4.79 Å². The van der Waals surface area contributed by atoms with E-state index >= 15 is 0 Å². The third kappa shape index (κ3) is 4.66. The molecule has 0 saturated carbocycles. The van der Waals surface area contributed by atoms with Gasteiger partial charge in [0.2, 0.25) is 0 Å². The van der Waals surface area contributed by atoms with Crippen LogP contribution in [0.25, 0.3) is 0 Å². The lowest BCUT2D eigenvalue weighted by Gasteiger charge is -2.18. The molecule has 2 rings (SSSR count). The Morgan fingerprint density at radius 1 is 1.17 bits per heavy atom. The van der Waals surface area contributed by atoms with E-state index in [4.69, 9.17) is 11.6 Å². The summed E-state index contributed by atoms with van der Waals surface area (Å²) in [6.45, 7) is -1.07. The minimum atomic E-state index is -2.98. The number of carbonyl (C=O) groups excluding carboxylic acids is 1. The highest BCUT2D eigenvalue weighted by Crippen LogP contribution is 2.23. The first-order valence-electron chi connectivity index (χ1n) is 7.11. The molecule has 3 nitrogen and oxygen atoms in total. The molecule has 1 atom stereocenters. The zero-order valence-electron chi connectivity index (χ0n) is 12.4. The maximum absolute atomic E-state index is 12.4. The van der Waals surface area contributed by atoms with Gasteiger partial charge in [0.15, 0.2) is 0 Å². The van der Waals surface area contributed by atoms with Crippen molar-refractivity contribution < 1.29 is 18.3 Å². The Morgan fingerprint density at radius 3 is 2.43 bits per heavy atom. The van der Waals surface area contributed by atoms with Crippen molar-refractivity contribution in [2.24, 2.45) is 0 Å². The Kier molecular flexibility index (Phi) is 5.93. The van der Waals surface area contributed by atoms with Gasteiger partial charge in [0.05, 0.1) is 11.6 Å². The first kappa shape index (κ1) is 17.2. The SMILES string of the molecule is CC[C@@H](NC(=O)c1ccccc1OC(F)F)c1ccc(Cl)cc1. The van der Waals surface area contributed by atoms with Crippen LogP contribution in [0, 0.1) is 0 Å². The van der Waals surface area contributed by atoms with Crippen LogP contribution in [0.1, 0.15) is 35.3 Å². The number of nitrogens with one attached hydrogen (secondary N) is 1. The van der Waals surface area contributed by atoms with E-state index in [1.54, 1.807) is 18.2 Å². The van der Waals surface area contributed by atoms with Crippen LogP contribution in [-0.2, 0) is 0 Å². The fraction of sp³-hybridized carbons (Fsp3) is 0.235. The van der Waals surface area contributed by atoms with Crippen LogP contribution in [0.2, 0.25) is 5.02 Å². The van der Waals surface area contributed by atoms with Crippen molar-refractivity contribution in [3.63, 3.8) is 0 Å². The Balaban J connectivity index is 2.18. The van der Waals surface area contributed by atoms with E-state index < -0.39 is 12.5 Å². The van der Waals surface area contributed by atoms with Crippen LogP contribution in [0.3, 0.4) is 0 Å². The molecule has 6 heteroatoms. The van der Waals surface area contributed by atoms with Crippen molar-refractivity contribution in [1.29, 1.82) is 0 Å². The van der Waals surface area contributed by atoms with Gasteiger partial charge in [0, 0.05) is 5.02 Å². The number of ether oxygens (including phenoxy) is 1. The zero-order chi connectivity index (χ0) is 16.8. The maximum Gasteiger partial charge on any atom is 0.387 e. The quantitative estimate of drug-likeness (QED) is 0.819. The van der Waals surface area contributed by atoms with Crippen molar-refractivity contribution in [3.8, 4) is 5.75 Å². The molecule has 1 amide bonds. The number of hydrogen-bond acceptors (Lipinski definition) is 2. The van der Waals surface area contributed by atoms with E-state index in [9.17, 15) is 13.6 Å². The number of hydrogen-bond donors (Lipinski definition) is 1. The average molecular weight is 340 g/mol. The average Bonchev–Trinajstić information content (AvgIpc) is 2.53. The first-order valence-corrected chi connectivity index (χ1v) is 7.49. The van der Waals surface area contributed by atoms with Crippen molar-refractivity contribution in [2.75, 3.05) is 0 Å². The van der Waals surface area contributed by atoms with Gasteiger partial charge >= 0.3 is 6.61 Å². The normalized spacial score (nSPS) is 12.0. The molecule has 0 unspecified atom stereocenters. The molecular weight excluding hydrogens is 324 g/mol. The summed E-state index contributed by atoms with van der Waals surface area (Å²) in [4.78, 5) is 12.4. The van der Waals surface area contributed by atoms with E-state index in [0.717, 1.165) is 5.56 Å². The Bertz CT molecular complexity index is 662. The highest BCUT2D eigenvalue weighted by molar-refractivity contribution is 6.30. The molecule has 2 aromatic carbocycles. The topological polar surface area (TPSA) is 38.3 Å². The van der Waals surface area contributed by atoms with Crippen LogP contribution < -0.4 is 10.1 Å². The fourth-order valence-corrected chi connectivity index (χ4v) is 2.33. The summed E-state index contributed by atoms with van der Waals surface area (Å²) in [5.41, 5.74) is 0.956. The van der Waals surface area contributed by atoms with Gasteiger partial charge in [-0.1, -0.05) is 42.8 Å². The third-order valence-electron chi connectivity index (χ3n) is 3.33. The number of halogens is 3. The molecule has 0 aliphatic heterocycles. The second-order valence-electron chi connectivity index (χ2n) is 4.86. The van der Waals surface area contributed by atoms with Crippen LogP contribution >= 0.6 is 11.6 Å². The fourth-order valence-electron chi connectivity index (χ4n) is 2.21. The van der Waals surface area contributed by atoms with Gasteiger partial charge in [0.1, 0.15) is 5.75 Å². The summed E-state index contributed by atoms with van der Waals surface area (Å²) in [6.07, 6.45) is 0.644. The molecule has 0 saturated heterocycles. The summed E-state index contributed by atoms with van der Waals surface area (Å²) in [5.74, 6) is -0.617. The lowest BCUT2D eigenvalue weighted by molar-refractivity contribution is -0.0501. The van der Waals surface area contributed by atoms with Crippen molar-refractivity contribution in [2.45, 2.75) is 26.0 Å². The Labute approximate surface area is 138 Å². The number of rotatable bonds is 6.